The summed E-state index contributed by atoms with van der Waals surface area (Å²) in [5.74, 6) is -0.507. The third-order valence-electron chi connectivity index (χ3n) is 5.33. The Morgan fingerprint density at radius 3 is 2.71 bits per heavy atom. The molecule has 0 fully saturated rings. The van der Waals surface area contributed by atoms with Crippen LogP contribution < -0.4 is 10.9 Å². The van der Waals surface area contributed by atoms with E-state index in [1.807, 2.05) is 49.4 Å². The Balaban J connectivity index is 1.93. The molecule has 0 aliphatic carbocycles. The molecule has 4 aromatic rings. The van der Waals surface area contributed by atoms with Gasteiger partial charge in [0.1, 0.15) is 10.0 Å². The molecular formula is C22H22IN5O3. The van der Waals surface area contributed by atoms with Crippen LogP contribution in [0.2, 0.25) is 0 Å². The normalized spacial score (nSPS) is 12.3. The van der Waals surface area contributed by atoms with Crippen LogP contribution in [0.5, 0.6) is 0 Å². The van der Waals surface area contributed by atoms with Crippen LogP contribution in [0.15, 0.2) is 35.4 Å². The number of fused-ring (bicyclic) bond motifs is 3. The maximum absolute atomic E-state index is 13.1. The van der Waals surface area contributed by atoms with Crippen LogP contribution in [0.1, 0.15) is 40.3 Å². The summed E-state index contributed by atoms with van der Waals surface area (Å²) in [4.78, 5) is 34.1. The maximum Gasteiger partial charge on any atom is 0.358 e. The number of rotatable bonds is 4. The van der Waals surface area contributed by atoms with Crippen molar-refractivity contribution in [2.24, 2.45) is 7.05 Å². The summed E-state index contributed by atoms with van der Waals surface area (Å²) in [6.45, 7) is 5.77. The second kappa shape index (κ2) is 7.95. The highest BCUT2D eigenvalue weighted by Gasteiger charge is 2.21. The van der Waals surface area contributed by atoms with Crippen LogP contribution in [0.4, 0.5) is 5.69 Å². The number of pyridine rings is 1. The lowest BCUT2D eigenvalue weighted by molar-refractivity contribution is 0.0595. The molecule has 0 amide bonds. The predicted molar refractivity (Wildman–Crippen MR) is 128 cm³/mol. The fourth-order valence-corrected chi connectivity index (χ4v) is 4.61. The van der Waals surface area contributed by atoms with E-state index in [0.717, 1.165) is 31.7 Å². The van der Waals surface area contributed by atoms with Gasteiger partial charge in [0.25, 0.3) is 5.56 Å². The first kappa shape index (κ1) is 21.3. The van der Waals surface area contributed by atoms with E-state index in [9.17, 15) is 9.59 Å². The van der Waals surface area contributed by atoms with Gasteiger partial charge in [0, 0.05) is 12.7 Å². The molecule has 31 heavy (non-hydrogen) atoms. The molecule has 1 unspecified atom stereocenters. The van der Waals surface area contributed by atoms with Gasteiger partial charge in [-0.1, -0.05) is 6.07 Å². The minimum atomic E-state index is -0.507. The maximum atomic E-state index is 13.1. The lowest BCUT2D eigenvalue weighted by atomic mass is 10.0. The monoisotopic (exact) mass is 531 g/mol. The highest BCUT2D eigenvalue weighted by molar-refractivity contribution is 14.1. The number of esters is 1. The van der Waals surface area contributed by atoms with Gasteiger partial charge in [0.15, 0.2) is 11.3 Å². The molecule has 9 heteroatoms. The number of aromatic nitrogens is 4. The van der Waals surface area contributed by atoms with Crippen LogP contribution in [0.25, 0.3) is 16.6 Å². The zero-order valence-electron chi connectivity index (χ0n) is 17.9. The Morgan fingerprint density at radius 2 is 2.00 bits per heavy atom. The summed E-state index contributed by atoms with van der Waals surface area (Å²) >= 11 is 2.13. The summed E-state index contributed by atoms with van der Waals surface area (Å²) < 4.78 is 9.22. The van der Waals surface area contributed by atoms with Gasteiger partial charge in [-0.2, -0.15) is 0 Å². The van der Waals surface area contributed by atoms with Gasteiger partial charge in [0.2, 0.25) is 0 Å². The smallest absolute Gasteiger partial charge is 0.358 e. The minimum absolute atomic E-state index is 0.0784. The van der Waals surface area contributed by atoms with Crippen LogP contribution >= 0.6 is 22.6 Å². The molecule has 0 saturated carbocycles. The molecule has 0 saturated heterocycles. The first-order valence-corrected chi connectivity index (χ1v) is 10.8. The molecule has 0 bridgehead atoms. The van der Waals surface area contributed by atoms with Gasteiger partial charge in [-0.05, 0) is 72.7 Å². The van der Waals surface area contributed by atoms with Crippen molar-refractivity contribution in [3.8, 4) is 0 Å². The number of ether oxygens (including phenoxy) is 1. The highest BCUT2D eigenvalue weighted by atomic mass is 127. The van der Waals surface area contributed by atoms with Crippen molar-refractivity contribution in [1.82, 2.24) is 18.9 Å². The molecule has 8 nitrogen and oxygen atoms in total. The zero-order chi connectivity index (χ0) is 22.4. The quantitative estimate of drug-likeness (QED) is 0.319. The summed E-state index contributed by atoms with van der Waals surface area (Å²) in [5.41, 5.74) is 4.86. The van der Waals surface area contributed by atoms with Gasteiger partial charge in [-0.15, -0.1) is 0 Å². The topological polar surface area (TPSA) is 90.5 Å². The lowest BCUT2D eigenvalue weighted by Crippen LogP contribution is -2.22. The van der Waals surface area contributed by atoms with Crippen LogP contribution in [0.3, 0.4) is 0 Å². The van der Waals surface area contributed by atoms with Crippen molar-refractivity contribution in [1.29, 1.82) is 0 Å². The van der Waals surface area contributed by atoms with Crippen LogP contribution in [-0.2, 0) is 11.8 Å². The molecule has 0 radical (unpaired) electrons. The summed E-state index contributed by atoms with van der Waals surface area (Å²) in [5, 5.41) is 4.00. The Hall–Kier alpha value is -2.95. The molecule has 160 valence electrons. The summed E-state index contributed by atoms with van der Waals surface area (Å²) in [6, 6.07) is 7.36. The lowest BCUT2D eigenvalue weighted by Gasteiger charge is -2.21. The number of carbonyl (C=O) groups excluding carboxylic acids is 1. The summed E-state index contributed by atoms with van der Waals surface area (Å²) in [6.07, 6.45) is 1.73. The molecule has 3 aromatic heterocycles. The molecule has 0 spiro atoms. The van der Waals surface area contributed by atoms with Crippen molar-refractivity contribution >= 4 is 50.8 Å². The van der Waals surface area contributed by atoms with Gasteiger partial charge >= 0.3 is 5.97 Å². The number of aryl methyl sites for hydroxylation is 3. The van der Waals surface area contributed by atoms with Crippen molar-refractivity contribution in [3.63, 3.8) is 0 Å². The Labute approximate surface area is 192 Å². The number of benzene rings is 1. The van der Waals surface area contributed by atoms with Gasteiger partial charge in [-0.25, -0.2) is 14.8 Å². The average Bonchev–Trinajstić information content (AvgIpc) is 3.13. The number of nitrogens with one attached hydrogen (secondary N) is 1. The van der Waals surface area contributed by atoms with Crippen molar-refractivity contribution in [2.45, 2.75) is 26.8 Å². The molecule has 1 atom stereocenters. The van der Waals surface area contributed by atoms with Gasteiger partial charge < -0.3 is 10.1 Å². The van der Waals surface area contributed by atoms with E-state index in [4.69, 9.17) is 4.74 Å². The highest BCUT2D eigenvalue weighted by Crippen LogP contribution is 2.29. The van der Waals surface area contributed by atoms with E-state index in [-0.39, 0.29) is 17.3 Å². The number of halogens is 1. The van der Waals surface area contributed by atoms with Crippen LogP contribution in [-0.4, -0.2) is 32.0 Å². The fraction of sp³-hybridized carbons (Fsp3) is 0.273. The zero-order valence-corrected chi connectivity index (χ0v) is 20.0. The number of carbonyl (C=O) groups is 1. The SMILES string of the molecule is COC(=O)c1nc(C)ccc1NC(C)c1cc(C)cc2c(=O)n(C)c3c(I)ncn3c12. The Morgan fingerprint density at radius 1 is 1.26 bits per heavy atom. The van der Waals surface area contributed by atoms with Crippen molar-refractivity contribution in [2.75, 3.05) is 12.4 Å². The van der Waals surface area contributed by atoms with E-state index in [1.54, 1.807) is 17.9 Å². The Kier molecular flexibility index (Phi) is 5.46. The first-order chi connectivity index (χ1) is 14.7. The molecule has 0 aliphatic heterocycles. The summed E-state index contributed by atoms with van der Waals surface area (Å²) in [7, 11) is 3.09. The second-order valence-corrected chi connectivity index (χ2v) is 8.57. The van der Waals surface area contributed by atoms with Gasteiger partial charge in [0.05, 0.1) is 29.7 Å². The van der Waals surface area contributed by atoms with E-state index < -0.39 is 5.97 Å². The number of nitrogens with zero attached hydrogens (tertiary/aromatic N) is 4. The average molecular weight is 531 g/mol. The molecule has 3 heterocycles. The van der Waals surface area contributed by atoms with E-state index in [1.165, 1.54) is 7.11 Å². The third-order valence-corrected chi connectivity index (χ3v) is 6.09. The molecular weight excluding hydrogens is 509 g/mol. The third kappa shape index (κ3) is 3.56. The number of methoxy groups -OCH3 is 1. The standard InChI is InChI=1S/C22H22IN5O3/c1-11-8-14(13(3)26-16-7-6-12(2)25-17(16)22(30)31-5)18-15(9-11)21(29)27(4)20-19(23)24-10-28(18)20/h6-10,13,26H,1-5H3. The number of hydrogen-bond donors (Lipinski definition) is 1. The second-order valence-electron chi connectivity index (χ2n) is 7.55. The van der Waals surface area contributed by atoms with E-state index >= 15 is 0 Å². The van der Waals surface area contributed by atoms with Gasteiger partial charge in [-0.3, -0.25) is 13.8 Å². The van der Waals surface area contributed by atoms with E-state index in [2.05, 4.69) is 37.9 Å². The molecule has 4 rings (SSSR count). The molecule has 0 aliphatic rings. The molecule has 1 aromatic carbocycles. The molecule has 1 N–H and O–H groups in total. The van der Waals surface area contributed by atoms with Crippen LogP contribution in [0, 0.1) is 17.5 Å². The van der Waals surface area contributed by atoms with Crippen molar-refractivity contribution in [3.05, 3.63) is 67.2 Å². The largest absolute Gasteiger partial charge is 0.464 e. The number of anilines is 1. The first-order valence-electron chi connectivity index (χ1n) is 9.71. The predicted octanol–water partition coefficient (Wildman–Crippen LogP) is 3.76. The number of hydrogen-bond acceptors (Lipinski definition) is 6. The van der Waals surface area contributed by atoms with E-state index in [0.29, 0.717) is 11.1 Å². The minimum Gasteiger partial charge on any atom is -0.464 e. The Bertz CT molecular complexity index is 1410. The number of imidazole rings is 1. The fourth-order valence-electron chi connectivity index (χ4n) is 3.87. The van der Waals surface area contributed by atoms with Crippen molar-refractivity contribution < 1.29 is 9.53 Å².